The lowest BCUT2D eigenvalue weighted by molar-refractivity contribution is 0.0602. The predicted octanol–water partition coefficient (Wildman–Crippen LogP) is 3.22. The Balaban J connectivity index is 1.98. The number of aromatic amines is 1. The van der Waals surface area contributed by atoms with Gasteiger partial charge in [-0.3, -0.25) is 4.98 Å². The standard InChI is InChI=1S/C16H12F2N2O2/c1-22-16(21)11-4-5-19-14-8-10(20-15(11)14)6-9-2-3-12(17)13(18)7-9/h2-5,7-8,20H,6H2,1H3. The molecule has 0 aliphatic rings. The third-order valence-corrected chi connectivity index (χ3v) is 3.36. The first kappa shape index (κ1) is 14.2. The zero-order valence-corrected chi connectivity index (χ0v) is 11.7. The number of rotatable bonds is 3. The summed E-state index contributed by atoms with van der Waals surface area (Å²) in [6.07, 6.45) is 1.89. The SMILES string of the molecule is COC(=O)c1ccnc2cc(Cc3ccc(F)c(F)c3)[nH]c12. The van der Waals surface area contributed by atoms with Crippen LogP contribution in [-0.2, 0) is 11.2 Å². The predicted molar refractivity (Wildman–Crippen MR) is 76.6 cm³/mol. The van der Waals surface area contributed by atoms with Crippen LogP contribution < -0.4 is 0 Å². The molecule has 112 valence electrons. The van der Waals surface area contributed by atoms with Gasteiger partial charge >= 0.3 is 5.97 Å². The minimum atomic E-state index is -0.887. The molecular weight excluding hydrogens is 290 g/mol. The maximum Gasteiger partial charge on any atom is 0.340 e. The number of fused-ring (bicyclic) bond motifs is 1. The van der Waals surface area contributed by atoms with Crippen molar-refractivity contribution in [2.45, 2.75) is 6.42 Å². The summed E-state index contributed by atoms with van der Waals surface area (Å²) in [5.74, 6) is -2.23. The van der Waals surface area contributed by atoms with Crippen molar-refractivity contribution in [1.29, 1.82) is 0 Å². The van der Waals surface area contributed by atoms with E-state index in [0.717, 1.165) is 17.8 Å². The second-order valence-electron chi connectivity index (χ2n) is 4.83. The largest absolute Gasteiger partial charge is 0.465 e. The Morgan fingerprint density at radius 1 is 1.23 bits per heavy atom. The van der Waals surface area contributed by atoms with E-state index >= 15 is 0 Å². The van der Waals surface area contributed by atoms with E-state index in [2.05, 4.69) is 9.97 Å². The molecule has 0 atom stereocenters. The molecule has 6 heteroatoms. The van der Waals surface area contributed by atoms with Gasteiger partial charge in [0.15, 0.2) is 11.6 Å². The van der Waals surface area contributed by atoms with Crippen LogP contribution in [0.25, 0.3) is 11.0 Å². The maximum atomic E-state index is 13.2. The van der Waals surface area contributed by atoms with Crippen LogP contribution in [0.5, 0.6) is 0 Å². The van der Waals surface area contributed by atoms with E-state index < -0.39 is 17.6 Å². The minimum absolute atomic E-state index is 0.369. The molecular formula is C16H12F2N2O2. The highest BCUT2D eigenvalue weighted by Gasteiger charge is 2.14. The van der Waals surface area contributed by atoms with Crippen LogP contribution in [0.2, 0.25) is 0 Å². The van der Waals surface area contributed by atoms with Gasteiger partial charge < -0.3 is 9.72 Å². The quantitative estimate of drug-likeness (QED) is 0.756. The number of hydrogen-bond donors (Lipinski definition) is 1. The lowest BCUT2D eigenvalue weighted by Gasteiger charge is -2.01. The van der Waals surface area contributed by atoms with Gasteiger partial charge in [0.05, 0.1) is 23.7 Å². The molecule has 0 aliphatic carbocycles. The number of H-pyrrole nitrogens is 1. The molecule has 3 rings (SSSR count). The number of esters is 1. The minimum Gasteiger partial charge on any atom is -0.465 e. The van der Waals surface area contributed by atoms with E-state index in [-0.39, 0.29) is 0 Å². The summed E-state index contributed by atoms with van der Waals surface area (Å²) in [4.78, 5) is 19.0. The van der Waals surface area contributed by atoms with Crippen LogP contribution in [0.15, 0.2) is 36.5 Å². The van der Waals surface area contributed by atoms with Gasteiger partial charge in [0.25, 0.3) is 0 Å². The molecule has 1 N–H and O–H groups in total. The first-order valence-electron chi connectivity index (χ1n) is 6.57. The summed E-state index contributed by atoms with van der Waals surface area (Å²) in [7, 11) is 1.31. The molecule has 4 nitrogen and oxygen atoms in total. The zero-order valence-electron chi connectivity index (χ0n) is 11.7. The molecule has 0 spiro atoms. The van der Waals surface area contributed by atoms with Gasteiger partial charge in [0.2, 0.25) is 0 Å². The van der Waals surface area contributed by atoms with Crippen molar-refractivity contribution < 1.29 is 18.3 Å². The number of methoxy groups -OCH3 is 1. The fourth-order valence-corrected chi connectivity index (χ4v) is 2.33. The first-order chi connectivity index (χ1) is 10.6. The molecule has 0 fully saturated rings. The molecule has 0 radical (unpaired) electrons. The van der Waals surface area contributed by atoms with Crippen molar-refractivity contribution in [3.8, 4) is 0 Å². The number of nitrogens with zero attached hydrogens (tertiary/aromatic N) is 1. The van der Waals surface area contributed by atoms with Crippen molar-refractivity contribution >= 4 is 17.0 Å². The van der Waals surface area contributed by atoms with E-state index in [0.29, 0.717) is 28.6 Å². The van der Waals surface area contributed by atoms with Crippen LogP contribution in [0.3, 0.4) is 0 Å². The van der Waals surface area contributed by atoms with Gasteiger partial charge in [-0.25, -0.2) is 13.6 Å². The highest BCUT2D eigenvalue weighted by molar-refractivity contribution is 6.01. The summed E-state index contributed by atoms with van der Waals surface area (Å²) >= 11 is 0. The third kappa shape index (κ3) is 2.55. The number of hydrogen-bond acceptors (Lipinski definition) is 3. The Hall–Kier alpha value is -2.76. The van der Waals surface area contributed by atoms with Gasteiger partial charge in [-0.2, -0.15) is 0 Å². The van der Waals surface area contributed by atoms with Gasteiger partial charge in [0, 0.05) is 18.3 Å². The Morgan fingerprint density at radius 3 is 2.77 bits per heavy atom. The Labute approximate surface area is 124 Å². The molecule has 0 unspecified atom stereocenters. The Kier molecular flexibility index (Phi) is 3.58. The van der Waals surface area contributed by atoms with Crippen molar-refractivity contribution in [2.75, 3.05) is 7.11 Å². The van der Waals surface area contributed by atoms with Crippen LogP contribution in [0.4, 0.5) is 8.78 Å². The van der Waals surface area contributed by atoms with Crippen LogP contribution in [0.1, 0.15) is 21.6 Å². The Bertz CT molecular complexity index is 858. The molecule has 0 bridgehead atoms. The molecule has 1 aromatic carbocycles. The molecule has 22 heavy (non-hydrogen) atoms. The Morgan fingerprint density at radius 2 is 2.05 bits per heavy atom. The van der Waals surface area contributed by atoms with Crippen molar-refractivity contribution in [3.05, 3.63) is 65.0 Å². The number of ether oxygens (including phenoxy) is 1. The third-order valence-electron chi connectivity index (χ3n) is 3.36. The smallest absolute Gasteiger partial charge is 0.340 e. The number of benzene rings is 1. The number of halogens is 2. The number of nitrogens with one attached hydrogen (secondary N) is 1. The highest BCUT2D eigenvalue weighted by Crippen LogP contribution is 2.20. The topological polar surface area (TPSA) is 55.0 Å². The molecule has 3 aromatic rings. The van der Waals surface area contributed by atoms with Crippen molar-refractivity contribution in [2.24, 2.45) is 0 Å². The summed E-state index contributed by atoms with van der Waals surface area (Å²) in [5, 5.41) is 0. The summed E-state index contributed by atoms with van der Waals surface area (Å²) in [5.41, 5.74) is 2.91. The average Bonchev–Trinajstić information content (AvgIpc) is 2.92. The molecule has 2 aromatic heterocycles. The first-order valence-corrected chi connectivity index (χ1v) is 6.57. The van der Waals surface area contributed by atoms with Crippen LogP contribution >= 0.6 is 0 Å². The lowest BCUT2D eigenvalue weighted by atomic mass is 10.1. The second kappa shape index (κ2) is 5.55. The van der Waals surface area contributed by atoms with E-state index in [4.69, 9.17) is 4.74 Å². The molecule has 0 saturated heterocycles. The number of aromatic nitrogens is 2. The molecule has 0 aliphatic heterocycles. The van der Waals surface area contributed by atoms with Crippen LogP contribution in [0, 0.1) is 11.6 Å². The highest BCUT2D eigenvalue weighted by atomic mass is 19.2. The normalized spacial score (nSPS) is 10.9. The van der Waals surface area contributed by atoms with E-state index in [1.807, 2.05) is 0 Å². The summed E-state index contributed by atoms with van der Waals surface area (Å²) < 4.78 is 30.9. The average molecular weight is 302 g/mol. The zero-order chi connectivity index (χ0) is 15.7. The van der Waals surface area contributed by atoms with Crippen molar-refractivity contribution in [3.63, 3.8) is 0 Å². The van der Waals surface area contributed by atoms with E-state index in [1.165, 1.54) is 19.4 Å². The number of carbonyl (C=O) groups excluding carboxylic acids is 1. The molecule has 0 amide bonds. The fourth-order valence-electron chi connectivity index (χ4n) is 2.33. The number of carbonyl (C=O) groups is 1. The fraction of sp³-hybridized carbons (Fsp3) is 0.125. The monoisotopic (exact) mass is 302 g/mol. The maximum absolute atomic E-state index is 13.2. The second-order valence-corrected chi connectivity index (χ2v) is 4.83. The van der Waals surface area contributed by atoms with E-state index in [1.54, 1.807) is 12.1 Å². The van der Waals surface area contributed by atoms with Gasteiger partial charge in [0.1, 0.15) is 0 Å². The van der Waals surface area contributed by atoms with Crippen LogP contribution in [-0.4, -0.2) is 23.0 Å². The lowest BCUT2D eigenvalue weighted by Crippen LogP contribution is -2.02. The van der Waals surface area contributed by atoms with Gasteiger partial charge in [-0.1, -0.05) is 6.07 Å². The summed E-state index contributed by atoms with van der Waals surface area (Å²) in [6, 6.07) is 7.08. The molecule has 0 saturated carbocycles. The van der Waals surface area contributed by atoms with Crippen molar-refractivity contribution in [1.82, 2.24) is 9.97 Å². The molecule has 2 heterocycles. The number of pyridine rings is 1. The van der Waals surface area contributed by atoms with Gasteiger partial charge in [-0.15, -0.1) is 0 Å². The van der Waals surface area contributed by atoms with E-state index in [9.17, 15) is 13.6 Å². The summed E-state index contributed by atoms with van der Waals surface area (Å²) in [6.45, 7) is 0. The van der Waals surface area contributed by atoms with Gasteiger partial charge in [-0.05, 0) is 29.8 Å².